The molecule has 0 aliphatic carbocycles. The van der Waals surface area contributed by atoms with E-state index < -0.39 is 35.1 Å². The maximum atomic E-state index is 13.7. The van der Waals surface area contributed by atoms with Crippen molar-refractivity contribution in [3.63, 3.8) is 0 Å². The first-order valence-electron chi connectivity index (χ1n) is 8.10. The molecular weight excluding hydrogens is 342 g/mol. The molecule has 0 heterocycles. The minimum Gasteiger partial charge on any atom is -0.340 e. The molecule has 0 saturated heterocycles. The van der Waals surface area contributed by atoms with Gasteiger partial charge in [0.1, 0.15) is 23.2 Å². The molecule has 2 rings (SSSR count). The molecule has 26 heavy (non-hydrogen) atoms. The third kappa shape index (κ3) is 5.10. The molecule has 1 unspecified atom stereocenters. The van der Waals surface area contributed by atoms with Crippen LogP contribution in [0.3, 0.4) is 0 Å². The fourth-order valence-corrected chi connectivity index (χ4v) is 2.29. The monoisotopic (exact) mass is 362 g/mol. The number of nitrogens with one attached hydrogen (secondary N) is 2. The first kappa shape index (κ1) is 19.5. The Kier molecular flexibility index (Phi) is 6.80. The van der Waals surface area contributed by atoms with Crippen molar-refractivity contribution >= 4 is 11.8 Å². The zero-order chi connectivity index (χ0) is 19.1. The molecule has 2 amide bonds. The molecule has 0 saturated carbocycles. The number of amides is 2. The Hall–Kier alpha value is -2.80. The van der Waals surface area contributed by atoms with Crippen LogP contribution >= 0.6 is 0 Å². The molecule has 2 aromatic carbocycles. The van der Waals surface area contributed by atoms with Gasteiger partial charge in [0.2, 0.25) is 0 Å². The summed E-state index contributed by atoms with van der Waals surface area (Å²) in [4.78, 5) is 29.6. The van der Waals surface area contributed by atoms with Crippen LogP contribution in [0.25, 0.3) is 0 Å². The second kappa shape index (κ2) is 9.05. The SMILES string of the molecule is CC(C)C(NC(=O)c1c(F)cccc1F)C(=O)NOCc1ccccc1. The molecular formula is C19H20F2N2O3. The van der Waals surface area contributed by atoms with Gasteiger partial charge in [0, 0.05) is 0 Å². The highest BCUT2D eigenvalue weighted by Crippen LogP contribution is 2.13. The van der Waals surface area contributed by atoms with Crippen molar-refractivity contribution < 1.29 is 23.2 Å². The molecule has 2 aromatic rings. The number of hydrogen-bond acceptors (Lipinski definition) is 3. The molecule has 0 fully saturated rings. The smallest absolute Gasteiger partial charge is 0.266 e. The van der Waals surface area contributed by atoms with Gasteiger partial charge >= 0.3 is 0 Å². The Bertz CT molecular complexity index is 746. The second-order valence-electron chi connectivity index (χ2n) is 6.03. The van der Waals surface area contributed by atoms with Crippen LogP contribution in [0, 0.1) is 17.6 Å². The third-order valence-corrected chi connectivity index (χ3v) is 3.68. The van der Waals surface area contributed by atoms with Gasteiger partial charge in [-0.15, -0.1) is 0 Å². The van der Waals surface area contributed by atoms with Gasteiger partial charge in [-0.3, -0.25) is 14.4 Å². The largest absolute Gasteiger partial charge is 0.340 e. The lowest BCUT2D eigenvalue weighted by Gasteiger charge is -2.21. The van der Waals surface area contributed by atoms with E-state index in [2.05, 4.69) is 10.8 Å². The summed E-state index contributed by atoms with van der Waals surface area (Å²) in [6.07, 6.45) is 0. The van der Waals surface area contributed by atoms with Gasteiger partial charge in [-0.25, -0.2) is 14.3 Å². The van der Waals surface area contributed by atoms with Crippen molar-refractivity contribution in [1.82, 2.24) is 10.8 Å². The lowest BCUT2D eigenvalue weighted by atomic mass is 10.0. The summed E-state index contributed by atoms with van der Waals surface area (Å²) in [6.45, 7) is 3.53. The molecule has 1 atom stereocenters. The molecule has 0 aliphatic heterocycles. The van der Waals surface area contributed by atoms with E-state index in [1.54, 1.807) is 13.8 Å². The summed E-state index contributed by atoms with van der Waals surface area (Å²) >= 11 is 0. The van der Waals surface area contributed by atoms with Gasteiger partial charge in [0.25, 0.3) is 11.8 Å². The molecule has 7 heteroatoms. The first-order chi connectivity index (χ1) is 12.4. The predicted molar refractivity (Wildman–Crippen MR) is 91.8 cm³/mol. The van der Waals surface area contributed by atoms with E-state index in [9.17, 15) is 18.4 Å². The summed E-state index contributed by atoms with van der Waals surface area (Å²) in [5.41, 5.74) is 2.38. The molecule has 2 N–H and O–H groups in total. The van der Waals surface area contributed by atoms with Gasteiger partial charge in [-0.05, 0) is 23.6 Å². The van der Waals surface area contributed by atoms with Crippen molar-refractivity contribution in [3.05, 3.63) is 71.3 Å². The summed E-state index contributed by atoms with van der Waals surface area (Å²) < 4.78 is 27.4. The molecule has 0 aromatic heterocycles. The van der Waals surface area contributed by atoms with Gasteiger partial charge in [0.15, 0.2) is 0 Å². The van der Waals surface area contributed by atoms with E-state index in [1.165, 1.54) is 0 Å². The van der Waals surface area contributed by atoms with Crippen LogP contribution in [-0.2, 0) is 16.2 Å². The van der Waals surface area contributed by atoms with Gasteiger partial charge in [-0.1, -0.05) is 50.2 Å². The first-order valence-corrected chi connectivity index (χ1v) is 8.10. The lowest BCUT2D eigenvalue weighted by molar-refractivity contribution is -0.137. The Balaban J connectivity index is 1.99. The number of benzene rings is 2. The zero-order valence-corrected chi connectivity index (χ0v) is 14.5. The number of hydrogen-bond donors (Lipinski definition) is 2. The number of halogens is 2. The van der Waals surface area contributed by atoms with Gasteiger partial charge in [0.05, 0.1) is 6.61 Å². The number of hydroxylamine groups is 1. The average molecular weight is 362 g/mol. The second-order valence-corrected chi connectivity index (χ2v) is 6.03. The van der Waals surface area contributed by atoms with Gasteiger partial charge < -0.3 is 5.32 Å². The Morgan fingerprint density at radius 1 is 1.00 bits per heavy atom. The number of rotatable bonds is 7. The number of carbonyl (C=O) groups is 2. The maximum absolute atomic E-state index is 13.7. The molecule has 0 spiro atoms. The van der Waals surface area contributed by atoms with Crippen molar-refractivity contribution in [3.8, 4) is 0 Å². The van der Waals surface area contributed by atoms with Crippen LogP contribution in [0.2, 0.25) is 0 Å². The van der Waals surface area contributed by atoms with E-state index in [-0.39, 0.29) is 12.5 Å². The van der Waals surface area contributed by atoms with E-state index in [4.69, 9.17) is 4.84 Å². The van der Waals surface area contributed by atoms with Gasteiger partial charge in [-0.2, -0.15) is 0 Å². The van der Waals surface area contributed by atoms with Crippen LogP contribution in [0.1, 0.15) is 29.8 Å². The van der Waals surface area contributed by atoms with Crippen LogP contribution in [0.4, 0.5) is 8.78 Å². The average Bonchev–Trinajstić information content (AvgIpc) is 2.60. The van der Waals surface area contributed by atoms with E-state index >= 15 is 0 Å². The summed E-state index contributed by atoms with van der Waals surface area (Å²) in [5.74, 6) is -3.93. The van der Waals surface area contributed by atoms with Crippen molar-refractivity contribution in [2.75, 3.05) is 0 Å². The highest BCUT2D eigenvalue weighted by Gasteiger charge is 2.27. The predicted octanol–water partition coefficient (Wildman–Crippen LogP) is 2.97. The Morgan fingerprint density at radius 2 is 1.62 bits per heavy atom. The fraction of sp³-hybridized carbons (Fsp3) is 0.263. The molecule has 5 nitrogen and oxygen atoms in total. The topological polar surface area (TPSA) is 67.4 Å². The normalized spacial score (nSPS) is 11.9. The zero-order valence-electron chi connectivity index (χ0n) is 14.5. The minimum absolute atomic E-state index is 0.146. The quantitative estimate of drug-likeness (QED) is 0.744. The summed E-state index contributed by atoms with van der Waals surface area (Å²) in [5, 5.41) is 2.35. The molecule has 0 radical (unpaired) electrons. The third-order valence-electron chi connectivity index (χ3n) is 3.68. The highest BCUT2D eigenvalue weighted by molar-refractivity contribution is 5.97. The standard InChI is InChI=1S/C19H20F2N2O3/c1-12(2)17(19(25)23-26-11-13-7-4-3-5-8-13)22-18(24)16-14(20)9-6-10-15(16)21/h3-10,12,17H,11H2,1-2H3,(H,22,24)(H,23,25). The maximum Gasteiger partial charge on any atom is 0.266 e. The minimum atomic E-state index is -1.02. The molecule has 138 valence electrons. The Labute approximate surface area is 150 Å². The highest BCUT2D eigenvalue weighted by atomic mass is 19.1. The lowest BCUT2D eigenvalue weighted by Crippen LogP contribution is -2.49. The van der Waals surface area contributed by atoms with Crippen LogP contribution in [-0.4, -0.2) is 17.9 Å². The van der Waals surface area contributed by atoms with E-state index in [1.807, 2.05) is 30.3 Å². The fourth-order valence-electron chi connectivity index (χ4n) is 2.29. The van der Waals surface area contributed by atoms with Crippen molar-refractivity contribution in [1.29, 1.82) is 0 Å². The number of carbonyl (C=O) groups excluding carboxylic acids is 2. The van der Waals surface area contributed by atoms with Crippen molar-refractivity contribution in [2.45, 2.75) is 26.5 Å². The summed E-state index contributed by atoms with van der Waals surface area (Å²) in [7, 11) is 0. The van der Waals surface area contributed by atoms with Crippen LogP contribution in [0.5, 0.6) is 0 Å². The Morgan fingerprint density at radius 3 is 2.19 bits per heavy atom. The summed E-state index contributed by atoms with van der Waals surface area (Å²) in [6, 6.07) is 11.3. The van der Waals surface area contributed by atoms with E-state index in [0.29, 0.717) is 0 Å². The van der Waals surface area contributed by atoms with Crippen molar-refractivity contribution in [2.24, 2.45) is 5.92 Å². The molecule has 0 bridgehead atoms. The van der Waals surface area contributed by atoms with E-state index in [0.717, 1.165) is 23.8 Å². The van der Waals surface area contributed by atoms with Crippen LogP contribution in [0.15, 0.2) is 48.5 Å². The van der Waals surface area contributed by atoms with Crippen LogP contribution < -0.4 is 10.8 Å². The molecule has 0 aliphatic rings.